The minimum absolute atomic E-state index is 0.149. The molecule has 5 nitrogen and oxygen atoms in total. The first-order valence-electron chi connectivity index (χ1n) is 9.26. The fourth-order valence-electron chi connectivity index (χ4n) is 3.04. The summed E-state index contributed by atoms with van der Waals surface area (Å²) in [5.41, 5.74) is 2.89. The SMILES string of the molecule is CCCn1c(NC(=O)c2cc(COc3ccccc3)cs2)nc2ccccc21. The molecule has 4 rings (SSSR count). The Morgan fingerprint density at radius 2 is 1.93 bits per heavy atom. The molecule has 0 atom stereocenters. The van der Waals surface area contributed by atoms with Crippen LogP contribution in [0.4, 0.5) is 5.95 Å². The molecule has 1 N–H and O–H groups in total. The Morgan fingerprint density at radius 1 is 1.14 bits per heavy atom. The Morgan fingerprint density at radius 3 is 2.75 bits per heavy atom. The number of fused-ring (bicyclic) bond motifs is 1. The lowest BCUT2D eigenvalue weighted by Gasteiger charge is -2.08. The number of hydrogen-bond donors (Lipinski definition) is 1. The number of nitrogens with one attached hydrogen (secondary N) is 1. The fraction of sp³-hybridized carbons (Fsp3) is 0.182. The average Bonchev–Trinajstić information content (AvgIpc) is 3.33. The number of aromatic nitrogens is 2. The molecule has 0 radical (unpaired) electrons. The molecule has 0 aliphatic carbocycles. The predicted molar refractivity (Wildman–Crippen MR) is 113 cm³/mol. The van der Waals surface area contributed by atoms with Crippen LogP contribution in [0.15, 0.2) is 66.0 Å². The van der Waals surface area contributed by atoms with Gasteiger partial charge >= 0.3 is 0 Å². The second kappa shape index (κ2) is 8.27. The first kappa shape index (κ1) is 18.3. The number of carbonyl (C=O) groups excluding carboxylic acids is 1. The number of nitrogens with zero attached hydrogens (tertiary/aromatic N) is 2. The number of carbonyl (C=O) groups is 1. The van der Waals surface area contributed by atoms with Gasteiger partial charge in [-0.05, 0) is 42.1 Å². The van der Waals surface area contributed by atoms with Crippen molar-refractivity contribution in [3.8, 4) is 5.75 Å². The molecule has 2 aromatic carbocycles. The highest BCUT2D eigenvalue weighted by Gasteiger charge is 2.15. The summed E-state index contributed by atoms with van der Waals surface area (Å²) in [6.07, 6.45) is 0.962. The molecule has 0 unspecified atom stereocenters. The highest BCUT2D eigenvalue weighted by Crippen LogP contribution is 2.22. The lowest BCUT2D eigenvalue weighted by molar-refractivity contribution is 0.102. The molecule has 4 aromatic rings. The molecule has 28 heavy (non-hydrogen) atoms. The van der Waals surface area contributed by atoms with Gasteiger partial charge in [0.05, 0.1) is 15.9 Å². The minimum Gasteiger partial charge on any atom is -0.489 e. The fourth-order valence-corrected chi connectivity index (χ4v) is 3.83. The molecule has 0 saturated carbocycles. The van der Waals surface area contributed by atoms with Crippen LogP contribution in [-0.4, -0.2) is 15.5 Å². The van der Waals surface area contributed by atoms with Gasteiger partial charge in [0.15, 0.2) is 0 Å². The van der Waals surface area contributed by atoms with Crippen LogP contribution in [0.1, 0.15) is 28.6 Å². The lowest BCUT2D eigenvalue weighted by Crippen LogP contribution is -2.15. The van der Waals surface area contributed by atoms with E-state index in [0.717, 1.165) is 35.3 Å². The summed E-state index contributed by atoms with van der Waals surface area (Å²) in [7, 11) is 0. The van der Waals surface area contributed by atoms with Gasteiger partial charge < -0.3 is 9.30 Å². The van der Waals surface area contributed by atoms with E-state index in [9.17, 15) is 4.79 Å². The monoisotopic (exact) mass is 391 g/mol. The highest BCUT2D eigenvalue weighted by molar-refractivity contribution is 7.12. The van der Waals surface area contributed by atoms with Gasteiger partial charge in [0.2, 0.25) is 5.95 Å². The van der Waals surface area contributed by atoms with Gasteiger partial charge in [0.1, 0.15) is 12.4 Å². The maximum Gasteiger partial charge on any atom is 0.268 e. The van der Waals surface area contributed by atoms with E-state index in [0.29, 0.717) is 17.4 Å². The molecule has 0 bridgehead atoms. The maximum atomic E-state index is 12.7. The van der Waals surface area contributed by atoms with Crippen molar-refractivity contribution in [2.45, 2.75) is 26.5 Å². The van der Waals surface area contributed by atoms with Crippen molar-refractivity contribution in [3.05, 3.63) is 76.5 Å². The summed E-state index contributed by atoms with van der Waals surface area (Å²) >= 11 is 1.41. The van der Waals surface area contributed by atoms with E-state index in [1.165, 1.54) is 11.3 Å². The summed E-state index contributed by atoms with van der Waals surface area (Å²) in [4.78, 5) is 18.0. The summed E-state index contributed by atoms with van der Waals surface area (Å²) < 4.78 is 7.81. The quantitative estimate of drug-likeness (QED) is 0.463. The third-order valence-corrected chi connectivity index (χ3v) is 5.33. The molecule has 0 aliphatic heterocycles. The Labute approximate surface area is 167 Å². The van der Waals surface area contributed by atoms with Crippen LogP contribution >= 0.6 is 11.3 Å². The van der Waals surface area contributed by atoms with E-state index in [4.69, 9.17) is 4.74 Å². The second-order valence-electron chi connectivity index (χ2n) is 6.45. The maximum absolute atomic E-state index is 12.7. The summed E-state index contributed by atoms with van der Waals surface area (Å²) in [6, 6.07) is 19.4. The second-order valence-corrected chi connectivity index (χ2v) is 7.36. The smallest absolute Gasteiger partial charge is 0.268 e. The standard InChI is InChI=1S/C22H21N3O2S/c1-2-12-25-19-11-7-6-10-18(19)23-22(25)24-21(26)20-13-16(15-28-20)14-27-17-8-4-3-5-9-17/h3-11,13,15H,2,12,14H2,1H3,(H,23,24,26). The van der Waals surface area contributed by atoms with E-state index in [1.807, 2.05) is 66.0 Å². The number of anilines is 1. The molecule has 0 saturated heterocycles. The summed E-state index contributed by atoms with van der Waals surface area (Å²) in [5, 5.41) is 4.92. The van der Waals surface area contributed by atoms with E-state index in [1.54, 1.807) is 0 Å². The van der Waals surface area contributed by atoms with Crippen molar-refractivity contribution in [1.82, 2.24) is 9.55 Å². The molecule has 6 heteroatoms. The van der Waals surface area contributed by atoms with E-state index in [-0.39, 0.29) is 5.91 Å². The zero-order valence-electron chi connectivity index (χ0n) is 15.6. The van der Waals surface area contributed by atoms with Gasteiger partial charge in [0.25, 0.3) is 5.91 Å². The topological polar surface area (TPSA) is 56.2 Å². The minimum atomic E-state index is -0.149. The number of ether oxygens (including phenoxy) is 1. The summed E-state index contributed by atoms with van der Waals surface area (Å²) in [6.45, 7) is 3.34. The molecule has 0 aliphatic rings. The van der Waals surface area contributed by atoms with E-state index < -0.39 is 0 Å². The van der Waals surface area contributed by atoms with Crippen molar-refractivity contribution >= 4 is 34.2 Å². The number of hydrogen-bond acceptors (Lipinski definition) is 4. The molecular formula is C22H21N3O2S. The average molecular weight is 391 g/mol. The normalized spacial score (nSPS) is 10.9. The lowest BCUT2D eigenvalue weighted by atomic mass is 10.3. The molecule has 0 spiro atoms. The molecule has 0 fully saturated rings. The van der Waals surface area contributed by atoms with Crippen LogP contribution in [0.3, 0.4) is 0 Å². The van der Waals surface area contributed by atoms with Crippen molar-refractivity contribution in [2.75, 3.05) is 5.32 Å². The molecule has 2 heterocycles. The van der Waals surface area contributed by atoms with Gasteiger partial charge in [-0.2, -0.15) is 0 Å². The zero-order valence-corrected chi connectivity index (χ0v) is 16.4. The Balaban J connectivity index is 1.48. The molecular weight excluding hydrogens is 370 g/mol. The largest absolute Gasteiger partial charge is 0.489 e. The number of thiophene rings is 1. The number of imidazole rings is 1. The first-order chi connectivity index (χ1) is 13.7. The van der Waals surface area contributed by atoms with Gasteiger partial charge in [-0.1, -0.05) is 37.3 Å². The van der Waals surface area contributed by atoms with Gasteiger partial charge in [-0.25, -0.2) is 4.98 Å². The van der Waals surface area contributed by atoms with Crippen molar-refractivity contribution < 1.29 is 9.53 Å². The van der Waals surface area contributed by atoms with Gasteiger partial charge in [-0.15, -0.1) is 11.3 Å². The number of para-hydroxylation sites is 3. The molecule has 1 amide bonds. The van der Waals surface area contributed by atoms with Crippen LogP contribution in [0.25, 0.3) is 11.0 Å². The third-order valence-electron chi connectivity index (χ3n) is 4.35. The molecule has 142 valence electrons. The first-order valence-corrected chi connectivity index (χ1v) is 10.1. The predicted octanol–water partition coefficient (Wildman–Crippen LogP) is 5.34. The number of aryl methyl sites for hydroxylation is 1. The number of benzene rings is 2. The van der Waals surface area contributed by atoms with E-state index in [2.05, 4.69) is 21.8 Å². The highest BCUT2D eigenvalue weighted by atomic mass is 32.1. The Kier molecular flexibility index (Phi) is 5.39. The number of rotatable bonds is 7. The Bertz CT molecular complexity index is 1090. The van der Waals surface area contributed by atoms with Crippen LogP contribution < -0.4 is 10.1 Å². The van der Waals surface area contributed by atoms with Gasteiger partial charge in [-0.3, -0.25) is 10.1 Å². The van der Waals surface area contributed by atoms with Crippen LogP contribution in [-0.2, 0) is 13.2 Å². The van der Waals surface area contributed by atoms with Crippen LogP contribution in [0.2, 0.25) is 0 Å². The van der Waals surface area contributed by atoms with Gasteiger partial charge in [0, 0.05) is 12.1 Å². The van der Waals surface area contributed by atoms with Crippen LogP contribution in [0, 0.1) is 0 Å². The number of amides is 1. The zero-order chi connectivity index (χ0) is 19.3. The molecule has 2 aromatic heterocycles. The Hall–Kier alpha value is -3.12. The summed E-state index contributed by atoms with van der Waals surface area (Å²) in [5.74, 6) is 1.25. The van der Waals surface area contributed by atoms with Crippen molar-refractivity contribution in [3.63, 3.8) is 0 Å². The van der Waals surface area contributed by atoms with E-state index >= 15 is 0 Å². The van der Waals surface area contributed by atoms with Crippen molar-refractivity contribution in [2.24, 2.45) is 0 Å². The third kappa shape index (κ3) is 3.92. The van der Waals surface area contributed by atoms with Crippen LogP contribution in [0.5, 0.6) is 5.75 Å². The van der Waals surface area contributed by atoms with Crippen molar-refractivity contribution in [1.29, 1.82) is 0 Å².